The fourth-order valence-electron chi connectivity index (χ4n) is 2.96. The first kappa shape index (κ1) is 28.0. The highest BCUT2D eigenvalue weighted by molar-refractivity contribution is 14.0. The Morgan fingerprint density at radius 3 is 2.38 bits per heavy atom. The first-order valence-corrected chi connectivity index (χ1v) is 10.1. The molecular weight excluding hydrogens is 536 g/mol. The molecule has 0 amide bonds. The predicted octanol–water partition coefficient (Wildman–Crippen LogP) is 4.00. The number of alkyl halides is 3. The van der Waals surface area contributed by atoms with Crippen LogP contribution in [0.1, 0.15) is 29.7 Å². The molecule has 0 aliphatic carbocycles. The number of aryl methyl sites for hydroxylation is 1. The van der Waals surface area contributed by atoms with E-state index in [0.717, 1.165) is 30.6 Å². The molecule has 1 aromatic heterocycles. The summed E-state index contributed by atoms with van der Waals surface area (Å²) in [5.41, 5.74) is 2.63. The summed E-state index contributed by atoms with van der Waals surface area (Å²) in [4.78, 5) is 16.0. The van der Waals surface area contributed by atoms with E-state index in [1.54, 1.807) is 35.9 Å². The van der Waals surface area contributed by atoms with Crippen LogP contribution in [-0.2, 0) is 24.4 Å². The third-order valence-corrected chi connectivity index (χ3v) is 4.61. The number of halogens is 4. The van der Waals surface area contributed by atoms with Crippen molar-refractivity contribution in [1.29, 1.82) is 0 Å². The molecule has 2 rings (SSSR count). The zero-order chi connectivity index (χ0) is 22.7. The van der Waals surface area contributed by atoms with Crippen LogP contribution in [0.2, 0.25) is 0 Å². The Kier molecular flexibility index (Phi) is 12.4. The second-order valence-electron chi connectivity index (χ2n) is 7.14. The summed E-state index contributed by atoms with van der Waals surface area (Å²) in [6.07, 6.45) is -2.56. The Bertz CT molecular complexity index is 899. The van der Waals surface area contributed by atoms with E-state index in [9.17, 15) is 18.0 Å². The second kappa shape index (κ2) is 14.1. The molecule has 10 heteroatoms. The first-order chi connectivity index (χ1) is 14.8. The van der Waals surface area contributed by atoms with Crippen molar-refractivity contribution in [2.24, 2.45) is 4.99 Å². The molecule has 0 bridgehead atoms. The average Bonchev–Trinajstić information content (AvgIpc) is 2.72. The molecule has 0 fully saturated rings. The van der Waals surface area contributed by atoms with E-state index in [0.29, 0.717) is 24.6 Å². The number of rotatable bonds is 10. The van der Waals surface area contributed by atoms with E-state index < -0.39 is 12.8 Å². The van der Waals surface area contributed by atoms with Crippen LogP contribution in [0.15, 0.2) is 52.3 Å². The lowest BCUT2D eigenvalue weighted by Gasteiger charge is -2.13. The van der Waals surface area contributed by atoms with Gasteiger partial charge in [0.25, 0.3) is 5.56 Å². The maximum absolute atomic E-state index is 12.1. The molecule has 0 aliphatic rings. The van der Waals surface area contributed by atoms with E-state index in [4.69, 9.17) is 0 Å². The number of benzene rings is 1. The number of unbranched alkanes of at least 4 members (excludes halogenated alkanes) is 1. The third-order valence-electron chi connectivity index (χ3n) is 4.61. The van der Waals surface area contributed by atoms with Crippen LogP contribution < -0.4 is 16.2 Å². The quantitative estimate of drug-likeness (QED) is 0.198. The first-order valence-electron chi connectivity index (χ1n) is 10.1. The molecule has 0 aliphatic heterocycles. The van der Waals surface area contributed by atoms with Crippen molar-refractivity contribution in [1.82, 2.24) is 15.2 Å². The third kappa shape index (κ3) is 10.5. The molecule has 0 atom stereocenters. The highest BCUT2D eigenvalue weighted by atomic mass is 127. The van der Waals surface area contributed by atoms with Gasteiger partial charge in [-0.3, -0.25) is 9.79 Å². The lowest BCUT2D eigenvalue weighted by molar-refractivity contribution is -0.176. The monoisotopic (exact) mass is 566 g/mol. The molecule has 0 saturated carbocycles. The van der Waals surface area contributed by atoms with Crippen LogP contribution in [0.3, 0.4) is 0 Å². The van der Waals surface area contributed by atoms with E-state index in [-0.39, 0.29) is 36.1 Å². The zero-order valence-corrected chi connectivity index (χ0v) is 20.6. The van der Waals surface area contributed by atoms with Crippen molar-refractivity contribution in [2.75, 3.05) is 20.2 Å². The molecule has 2 aromatic rings. The SMILES string of the molecule is CN=C(NCCCCn1c(C)cccc1=O)NCc1ccc(COCC(F)(F)F)cc1.I. The zero-order valence-electron chi connectivity index (χ0n) is 18.2. The van der Waals surface area contributed by atoms with Crippen molar-refractivity contribution in [3.63, 3.8) is 0 Å². The minimum Gasteiger partial charge on any atom is -0.367 e. The smallest absolute Gasteiger partial charge is 0.367 e. The summed E-state index contributed by atoms with van der Waals surface area (Å²) in [5, 5.41) is 6.43. The molecule has 0 radical (unpaired) electrons. The van der Waals surface area contributed by atoms with Gasteiger partial charge in [-0.05, 0) is 37.0 Å². The number of hydrogen-bond acceptors (Lipinski definition) is 3. The standard InChI is InChI=1S/C22H29F3N4O2.HI/c1-17-6-5-7-20(30)29(17)13-4-3-12-27-21(26-2)28-14-18-8-10-19(11-9-18)15-31-16-22(23,24)25;/h5-11H,3-4,12-16H2,1-2H3,(H2,26,27,28);1H. The van der Waals surface area contributed by atoms with Gasteiger partial charge in [0.1, 0.15) is 6.61 Å². The number of aromatic nitrogens is 1. The van der Waals surface area contributed by atoms with Crippen molar-refractivity contribution in [3.05, 3.63) is 69.6 Å². The second-order valence-corrected chi connectivity index (χ2v) is 7.14. The van der Waals surface area contributed by atoms with Crippen LogP contribution in [0.5, 0.6) is 0 Å². The summed E-state index contributed by atoms with van der Waals surface area (Å²) >= 11 is 0. The van der Waals surface area contributed by atoms with Crippen molar-refractivity contribution >= 4 is 29.9 Å². The van der Waals surface area contributed by atoms with Crippen LogP contribution in [0, 0.1) is 6.92 Å². The summed E-state index contributed by atoms with van der Waals surface area (Å²) in [5.74, 6) is 0.658. The number of hydrogen-bond donors (Lipinski definition) is 2. The molecule has 2 N–H and O–H groups in total. The molecule has 1 heterocycles. The number of guanidine groups is 1. The van der Waals surface area contributed by atoms with Gasteiger partial charge in [0.2, 0.25) is 0 Å². The van der Waals surface area contributed by atoms with Gasteiger partial charge in [-0.1, -0.05) is 30.3 Å². The van der Waals surface area contributed by atoms with Gasteiger partial charge in [-0.25, -0.2) is 0 Å². The fourth-order valence-corrected chi connectivity index (χ4v) is 2.96. The van der Waals surface area contributed by atoms with Gasteiger partial charge in [0, 0.05) is 38.4 Å². The van der Waals surface area contributed by atoms with Crippen molar-refractivity contribution < 1.29 is 17.9 Å². The molecular formula is C22H30F3IN4O2. The highest BCUT2D eigenvalue weighted by Crippen LogP contribution is 2.15. The lowest BCUT2D eigenvalue weighted by atomic mass is 10.1. The summed E-state index contributed by atoms with van der Waals surface area (Å²) < 4.78 is 42.8. The Balaban J connectivity index is 0.00000512. The Morgan fingerprint density at radius 2 is 1.75 bits per heavy atom. The Hall–Kier alpha value is -2.08. The Labute approximate surface area is 203 Å². The van der Waals surface area contributed by atoms with E-state index in [1.807, 2.05) is 25.1 Å². The van der Waals surface area contributed by atoms with Crippen LogP contribution >= 0.6 is 24.0 Å². The minimum atomic E-state index is -4.31. The number of nitrogens with zero attached hydrogens (tertiary/aromatic N) is 2. The number of pyridine rings is 1. The summed E-state index contributed by atoms with van der Waals surface area (Å²) in [7, 11) is 1.68. The fraction of sp³-hybridized carbons (Fsp3) is 0.455. The molecule has 1 aromatic carbocycles. The van der Waals surface area contributed by atoms with Gasteiger partial charge in [-0.2, -0.15) is 13.2 Å². The average molecular weight is 566 g/mol. The highest BCUT2D eigenvalue weighted by Gasteiger charge is 2.27. The van der Waals surface area contributed by atoms with Gasteiger partial charge in [0.15, 0.2) is 5.96 Å². The van der Waals surface area contributed by atoms with Gasteiger partial charge in [-0.15, -0.1) is 24.0 Å². The minimum absolute atomic E-state index is 0. The van der Waals surface area contributed by atoms with E-state index in [2.05, 4.69) is 20.4 Å². The maximum atomic E-state index is 12.1. The van der Waals surface area contributed by atoms with Crippen LogP contribution in [0.25, 0.3) is 0 Å². The molecule has 0 unspecified atom stereocenters. The van der Waals surface area contributed by atoms with E-state index >= 15 is 0 Å². The molecule has 6 nitrogen and oxygen atoms in total. The molecule has 178 valence electrons. The summed E-state index contributed by atoms with van der Waals surface area (Å²) in [6.45, 7) is 2.52. The van der Waals surface area contributed by atoms with Gasteiger partial charge < -0.3 is 19.9 Å². The van der Waals surface area contributed by atoms with Gasteiger partial charge in [0.05, 0.1) is 6.61 Å². The largest absolute Gasteiger partial charge is 0.411 e. The molecule has 32 heavy (non-hydrogen) atoms. The maximum Gasteiger partial charge on any atom is 0.411 e. The topological polar surface area (TPSA) is 67.7 Å². The molecule has 0 saturated heterocycles. The number of aliphatic imine (C=N–C) groups is 1. The van der Waals surface area contributed by atoms with Crippen molar-refractivity contribution in [3.8, 4) is 0 Å². The predicted molar refractivity (Wildman–Crippen MR) is 130 cm³/mol. The van der Waals surface area contributed by atoms with E-state index in [1.165, 1.54) is 0 Å². The van der Waals surface area contributed by atoms with Gasteiger partial charge >= 0.3 is 6.18 Å². The number of ether oxygens (including phenoxy) is 1. The van der Waals surface area contributed by atoms with Crippen molar-refractivity contribution in [2.45, 2.75) is 45.6 Å². The number of nitrogens with one attached hydrogen (secondary N) is 2. The lowest BCUT2D eigenvalue weighted by Crippen LogP contribution is -2.37. The Morgan fingerprint density at radius 1 is 1.06 bits per heavy atom. The van der Waals surface area contributed by atoms with Crippen LogP contribution in [-0.4, -0.2) is 36.9 Å². The summed E-state index contributed by atoms with van der Waals surface area (Å²) in [6, 6.07) is 12.4. The normalized spacial score (nSPS) is 11.7. The van der Waals surface area contributed by atoms with Crippen LogP contribution in [0.4, 0.5) is 13.2 Å². The molecule has 0 spiro atoms.